The van der Waals surface area contributed by atoms with Gasteiger partial charge in [0.1, 0.15) is 0 Å². The minimum Gasteiger partial charge on any atom is -0.393 e. The highest BCUT2D eigenvalue weighted by atomic mass is 79.9. The summed E-state index contributed by atoms with van der Waals surface area (Å²) in [6.45, 7) is 0.603. The molecule has 1 aromatic carbocycles. The van der Waals surface area contributed by atoms with E-state index in [4.69, 9.17) is 29.6 Å². The molecule has 0 aliphatic carbocycles. The molecule has 1 rings (SSSR count). The molecule has 0 saturated heterocycles. The van der Waals surface area contributed by atoms with Crippen LogP contribution in [0.15, 0.2) is 22.7 Å². The number of rotatable bonds is 6. The van der Waals surface area contributed by atoms with Crippen LogP contribution in [0.25, 0.3) is 0 Å². The van der Waals surface area contributed by atoms with Gasteiger partial charge < -0.3 is 11.1 Å². The smallest absolute Gasteiger partial charge is 0.251 e. The highest BCUT2D eigenvalue weighted by Crippen LogP contribution is 2.19. The Labute approximate surface area is 125 Å². The molecule has 0 atom stereocenters. The molecule has 0 spiro atoms. The molecule has 0 unspecified atom stereocenters. The molecule has 0 aliphatic heterocycles. The van der Waals surface area contributed by atoms with Crippen LogP contribution in [0.5, 0.6) is 0 Å². The Hall–Kier alpha value is -0.650. The van der Waals surface area contributed by atoms with Crippen LogP contribution in [0.2, 0.25) is 5.02 Å². The highest BCUT2D eigenvalue weighted by Gasteiger charge is 2.06. The average Bonchev–Trinajstić information content (AvgIpc) is 2.26. The number of amides is 1. The summed E-state index contributed by atoms with van der Waals surface area (Å²) >= 11 is 13.9. The summed E-state index contributed by atoms with van der Waals surface area (Å²) in [4.78, 5) is 12.3. The first-order chi connectivity index (χ1) is 8.49. The molecular formula is C12H14BrClN2OS. The molecule has 0 fully saturated rings. The third kappa shape index (κ3) is 5.80. The number of unbranched alkanes of at least 4 members (excludes halogenated alkanes) is 1. The number of hydrogen-bond donors (Lipinski definition) is 2. The van der Waals surface area contributed by atoms with E-state index in [0.717, 1.165) is 17.3 Å². The number of nitrogens with one attached hydrogen (secondary N) is 1. The van der Waals surface area contributed by atoms with E-state index in [2.05, 4.69) is 21.2 Å². The topological polar surface area (TPSA) is 55.1 Å². The Morgan fingerprint density at radius 1 is 1.39 bits per heavy atom. The molecule has 1 aromatic rings. The third-order valence-corrected chi connectivity index (χ3v) is 3.14. The van der Waals surface area contributed by atoms with Crippen LogP contribution in [0, 0.1) is 0 Å². The van der Waals surface area contributed by atoms with E-state index in [1.807, 2.05) is 0 Å². The van der Waals surface area contributed by atoms with Crippen LogP contribution in [0.4, 0.5) is 0 Å². The van der Waals surface area contributed by atoms with Crippen molar-refractivity contribution < 1.29 is 4.79 Å². The highest BCUT2D eigenvalue weighted by molar-refractivity contribution is 9.10. The zero-order valence-corrected chi connectivity index (χ0v) is 12.9. The van der Waals surface area contributed by atoms with Gasteiger partial charge in [0.15, 0.2) is 0 Å². The summed E-state index contributed by atoms with van der Waals surface area (Å²) in [5.41, 5.74) is 5.93. The zero-order chi connectivity index (χ0) is 13.5. The van der Waals surface area contributed by atoms with Crippen LogP contribution in [0.1, 0.15) is 29.6 Å². The minimum absolute atomic E-state index is 0.131. The second-order valence-corrected chi connectivity index (χ2v) is 5.71. The maximum Gasteiger partial charge on any atom is 0.251 e. The van der Waals surface area contributed by atoms with Crippen molar-refractivity contribution in [1.82, 2.24) is 5.32 Å². The van der Waals surface area contributed by atoms with Crippen LogP contribution in [-0.2, 0) is 0 Å². The fraction of sp³-hybridized carbons (Fsp3) is 0.333. The van der Waals surface area contributed by atoms with Gasteiger partial charge in [-0.05, 0) is 37.5 Å². The van der Waals surface area contributed by atoms with Gasteiger partial charge in [0, 0.05) is 21.6 Å². The van der Waals surface area contributed by atoms with Crippen molar-refractivity contribution in [2.75, 3.05) is 6.54 Å². The van der Waals surface area contributed by atoms with Crippen molar-refractivity contribution in [3.63, 3.8) is 0 Å². The molecule has 0 aromatic heterocycles. The zero-order valence-electron chi connectivity index (χ0n) is 9.71. The van der Waals surface area contributed by atoms with Crippen LogP contribution in [0.3, 0.4) is 0 Å². The number of carbonyl (C=O) groups excluding carboxylic acids is 1. The maximum absolute atomic E-state index is 11.8. The second-order valence-electron chi connectivity index (χ2n) is 3.84. The minimum atomic E-state index is -0.131. The Balaban J connectivity index is 2.38. The Bertz CT molecular complexity index is 433. The summed E-state index contributed by atoms with van der Waals surface area (Å²) in [5.74, 6) is -0.131. The molecule has 0 heterocycles. The standard InChI is InChI=1S/C12H14BrClN2OS/c13-9-5-8(6-10(14)7-9)12(17)16-4-2-1-3-11(15)18/h5-7H,1-4H2,(H2,15,18)(H,16,17). The molecule has 1 amide bonds. The summed E-state index contributed by atoms with van der Waals surface area (Å²) in [5, 5.41) is 3.36. The molecule has 6 heteroatoms. The van der Waals surface area contributed by atoms with Crippen molar-refractivity contribution in [3.05, 3.63) is 33.3 Å². The monoisotopic (exact) mass is 348 g/mol. The van der Waals surface area contributed by atoms with Gasteiger partial charge in [-0.25, -0.2) is 0 Å². The summed E-state index contributed by atoms with van der Waals surface area (Å²) in [7, 11) is 0. The second kappa shape index (κ2) is 7.71. The number of nitrogens with two attached hydrogens (primary N) is 1. The molecule has 3 nitrogen and oxygen atoms in total. The number of hydrogen-bond acceptors (Lipinski definition) is 2. The van der Waals surface area contributed by atoms with E-state index in [1.165, 1.54) is 0 Å². The molecule has 3 N–H and O–H groups in total. The predicted octanol–water partition coefficient (Wildman–Crippen LogP) is 3.29. The van der Waals surface area contributed by atoms with E-state index in [0.29, 0.717) is 28.5 Å². The van der Waals surface area contributed by atoms with Crippen molar-refractivity contribution in [3.8, 4) is 0 Å². The van der Waals surface area contributed by atoms with Gasteiger partial charge in [0.25, 0.3) is 5.91 Å². The number of halogens is 2. The van der Waals surface area contributed by atoms with Crippen molar-refractivity contribution >= 4 is 50.6 Å². The number of thiocarbonyl (C=S) groups is 1. The lowest BCUT2D eigenvalue weighted by Gasteiger charge is -2.06. The summed E-state index contributed by atoms with van der Waals surface area (Å²) in [6, 6.07) is 5.10. The normalized spacial score (nSPS) is 10.1. The predicted molar refractivity (Wildman–Crippen MR) is 82.1 cm³/mol. The lowest BCUT2D eigenvalue weighted by molar-refractivity contribution is 0.0953. The SMILES string of the molecule is NC(=S)CCCCNC(=O)c1cc(Cl)cc(Br)c1. The Morgan fingerprint density at radius 2 is 2.11 bits per heavy atom. The molecule has 0 saturated carbocycles. The lowest BCUT2D eigenvalue weighted by atomic mass is 10.2. The summed E-state index contributed by atoms with van der Waals surface area (Å²) in [6.07, 6.45) is 2.45. The first-order valence-corrected chi connectivity index (χ1v) is 7.09. The molecule has 98 valence electrons. The quantitative estimate of drug-likeness (QED) is 0.612. The first-order valence-electron chi connectivity index (χ1n) is 5.51. The van der Waals surface area contributed by atoms with Gasteiger partial charge in [0.05, 0.1) is 4.99 Å². The van der Waals surface area contributed by atoms with Crippen molar-refractivity contribution in [2.45, 2.75) is 19.3 Å². The van der Waals surface area contributed by atoms with Gasteiger partial charge in [-0.2, -0.15) is 0 Å². The van der Waals surface area contributed by atoms with Crippen molar-refractivity contribution in [1.29, 1.82) is 0 Å². The van der Waals surface area contributed by atoms with Crippen LogP contribution >= 0.6 is 39.7 Å². The maximum atomic E-state index is 11.8. The Kier molecular flexibility index (Phi) is 6.60. The van der Waals surface area contributed by atoms with E-state index in [9.17, 15) is 4.79 Å². The average molecular weight is 350 g/mol. The van der Waals surface area contributed by atoms with E-state index in [-0.39, 0.29) is 5.91 Å². The van der Waals surface area contributed by atoms with Crippen LogP contribution < -0.4 is 11.1 Å². The molecular weight excluding hydrogens is 336 g/mol. The first kappa shape index (κ1) is 15.4. The van der Waals surface area contributed by atoms with E-state index in [1.54, 1.807) is 18.2 Å². The van der Waals surface area contributed by atoms with Crippen LogP contribution in [-0.4, -0.2) is 17.4 Å². The van der Waals surface area contributed by atoms with Crippen molar-refractivity contribution in [2.24, 2.45) is 5.73 Å². The largest absolute Gasteiger partial charge is 0.393 e. The number of benzene rings is 1. The van der Waals surface area contributed by atoms with Gasteiger partial charge in [-0.1, -0.05) is 39.7 Å². The molecule has 18 heavy (non-hydrogen) atoms. The van der Waals surface area contributed by atoms with E-state index >= 15 is 0 Å². The summed E-state index contributed by atoms with van der Waals surface area (Å²) < 4.78 is 0.786. The Morgan fingerprint density at radius 3 is 2.72 bits per heavy atom. The van der Waals surface area contributed by atoms with Gasteiger partial charge >= 0.3 is 0 Å². The molecule has 0 aliphatic rings. The fourth-order valence-electron chi connectivity index (χ4n) is 1.41. The van der Waals surface area contributed by atoms with Gasteiger partial charge in [-0.15, -0.1) is 0 Å². The third-order valence-electron chi connectivity index (χ3n) is 2.26. The molecule has 0 radical (unpaired) electrons. The molecule has 0 bridgehead atoms. The lowest BCUT2D eigenvalue weighted by Crippen LogP contribution is -2.24. The van der Waals surface area contributed by atoms with E-state index < -0.39 is 0 Å². The number of carbonyl (C=O) groups is 1. The fourth-order valence-corrected chi connectivity index (χ4v) is 2.42. The van der Waals surface area contributed by atoms with Gasteiger partial charge in [-0.3, -0.25) is 4.79 Å². The van der Waals surface area contributed by atoms with Gasteiger partial charge in [0.2, 0.25) is 0 Å².